The Bertz CT molecular complexity index is 801. The minimum atomic E-state index is -0.445. The summed E-state index contributed by atoms with van der Waals surface area (Å²) in [6, 6.07) is 19.3. The predicted octanol–water partition coefficient (Wildman–Crippen LogP) is 3.45. The van der Waals surface area contributed by atoms with Crippen LogP contribution in [0.5, 0.6) is 0 Å². The van der Waals surface area contributed by atoms with Crippen LogP contribution in [0.15, 0.2) is 60.7 Å². The van der Waals surface area contributed by atoms with Crippen LogP contribution in [0.25, 0.3) is 0 Å². The standard InChI is InChI=1S/C23H29N3O4/c1-28-22(24)26-23(27)25-20-12-19(16-29-14-17-8-4-2-5-9-17)21(13-20)30-15-18-10-6-3-7-11-18/h2-11,19-21H,12-16H2,1H3,(H3,24,25,26,27)/t19-,20-,21?/m1/s1. The zero-order valence-electron chi connectivity index (χ0n) is 17.2. The summed E-state index contributed by atoms with van der Waals surface area (Å²) in [5.74, 6) is 0.171. The molecule has 0 aliphatic heterocycles. The minimum absolute atomic E-state index is 0.0202. The molecule has 30 heavy (non-hydrogen) atoms. The third-order valence-electron chi connectivity index (χ3n) is 5.15. The van der Waals surface area contributed by atoms with E-state index >= 15 is 0 Å². The van der Waals surface area contributed by atoms with Crippen LogP contribution in [0.4, 0.5) is 4.79 Å². The average molecular weight is 412 g/mol. The van der Waals surface area contributed by atoms with Crippen LogP contribution in [0.2, 0.25) is 0 Å². The number of carbonyl (C=O) groups is 1. The molecule has 7 nitrogen and oxygen atoms in total. The van der Waals surface area contributed by atoms with Gasteiger partial charge >= 0.3 is 6.03 Å². The molecular weight excluding hydrogens is 382 g/mol. The molecule has 2 aromatic rings. The Kier molecular flexibility index (Phi) is 8.23. The van der Waals surface area contributed by atoms with Gasteiger partial charge in [-0.2, -0.15) is 0 Å². The van der Waals surface area contributed by atoms with Crippen LogP contribution < -0.4 is 10.6 Å². The van der Waals surface area contributed by atoms with Crippen LogP contribution >= 0.6 is 0 Å². The topological polar surface area (TPSA) is 92.7 Å². The molecule has 1 aliphatic carbocycles. The van der Waals surface area contributed by atoms with Crippen molar-refractivity contribution in [1.82, 2.24) is 10.6 Å². The largest absolute Gasteiger partial charge is 0.468 e. The second kappa shape index (κ2) is 11.3. The average Bonchev–Trinajstić information content (AvgIpc) is 3.14. The van der Waals surface area contributed by atoms with E-state index in [1.54, 1.807) is 0 Å². The summed E-state index contributed by atoms with van der Waals surface area (Å²) < 4.78 is 16.8. The fourth-order valence-electron chi connectivity index (χ4n) is 3.64. The number of methoxy groups -OCH3 is 1. The van der Waals surface area contributed by atoms with E-state index in [-0.39, 0.29) is 24.1 Å². The van der Waals surface area contributed by atoms with Gasteiger partial charge in [0.25, 0.3) is 6.02 Å². The number of amides is 2. The Morgan fingerprint density at radius 1 is 1.00 bits per heavy atom. The van der Waals surface area contributed by atoms with Crippen LogP contribution in [0.3, 0.4) is 0 Å². The summed E-state index contributed by atoms with van der Waals surface area (Å²) in [7, 11) is 1.34. The fourth-order valence-corrected chi connectivity index (χ4v) is 3.64. The highest BCUT2D eigenvalue weighted by Gasteiger charge is 2.36. The van der Waals surface area contributed by atoms with Crippen molar-refractivity contribution in [2.45, 2.75) is 38.2 Å². The van der Waals surface area contributed by atoms with Gasteiger partial charge in [0.2, 0.25) is 0 Å². The Morgan fingerprint density at radius 2 is 1.63 bits per heavy atom. The van der Waals surface area contributed by atoms with Crippen LogP contribution in [-0.4, -0.2) is 37.9 Å². The summed E-state index contributed by atoms with van der Waals surface area (Å²) >= 11 is 0. The van der Waals surface area contributed by atoms with Crippen molar-refractivity contribution in [3.05, 3.63) is 71.8 Å². The monoisotopic (exact) mass is 411 g/mol. The lowest BCUT2D eigenvalue weighted by atomic mass is 10.1. The fraction of sp³-hybridized carbons (Fsp3) is 0.391. The van der Waals surface area contributed by atoms with Gasteiger partial charge < -0.3 is 19.5 Å². The van der Waals surface area contributed by atoms with Gasteiger partial charge in [0.05, 0.1) is 33.0 Å². The predicted molar refractivity (Wildman–Crippen MR) is 114 cm³/mol. The number of carbonyl (C=O) groups excluding carboxylic acids is 1. The van der Waals surface area contributed by atoms with Crippen molar-refractivity contribution in [3.63, 3.8) is 0 Å². The summed E-state index contributed by atoms with van der Waals surface area (Å²) in [6.45, 7) is 1.63. The van der Waals surface area contributed by atoms with Gasteiger partial charge in [-0.05, 0) is 24.0 Å². The number of rotatable bonds is 8. The maximum absolute atomic E-state index is 12.0. The maximum Gasteiger partial charge on any atom is 0.323 e. The van der Waals surface area contributed by atoms with E-state index < -0.39 is 6.03 Å². The number of amidine groups is 1. The quantitative estimate of drug-likeness (QED) is 0.458. The van der Waals surface area contributed by atoms with Gasteiger partial charge in [0.15, 0.2) is 0 Å². The number of urea groups is 1. The van der Waals surface area contributed by atoms with E-state index in [1.807, 2.05) is 60.7 Å². The molecule has 0 spiro atoms. The first kappa shape index (κ1) is 21.8. The molecule has 3 N–H and O–H groups in total. The highest BCUT2D eigenvalue weighted by atomic mass is 16.5. The van der Waals surface area contributed by atoms with Gasteiger partial charge in [-0.25, -0.2) is 4.79 Å². The first-order valence-corrected chi connectivity index (χ1v) is 10.1. The highest BCUT2D eigenvalue weighted by Crippen LogP contribution is 2.30. The molecule has 1 saturated carbocycles. The second-order valence-corrected chi connectivity index (χ2v) is 7.40. The zero-order chi connectivity index (χ0) is 21.2. The smallest absolute Gasteiger partial charge is 0.323 e. The number of benzene rings is 2. The molecule has 1 fully saturated rings. The first-order valence-electron chi connectivity index (χ1n) is 10.1. The third-order valence-corrected chi connectivity index (χ3v) is 5.15. The number of hydrogen-bond acceptors (Lipinski definition) is 5. The van der Waals surface area contributed by atoms with Crippen molar-refractivity contribution in [2.24, 2.45) is 5.92 Å². The van der Waals surface area contributed by atoms with Crippen molar-refractivity contribution >= 4 is 12.1 Å². The van der Waals surface area contributed by atoms with E-state index in [0.29, 0.717) is 26.2 Å². The molecule has 2 amide bonds. The van der Waals surface area contributed by atoms with Crippen LogP contribution in [0.1, 0.15) is 24.0 Å². The lowest BCUT2D eigenvalue weighted by Crippen LogP contribution is -2.44. The van der Waals surface area contributed by atoms with Gasteiger partial charge in [0, 0.05) is 12.0 Å². The molecule has 1 aliphatic rings. The van der Waals surface area contributed by atoms with Gasteiger partial charge in [-0.1, -0.05) is 60.7 Å². The van der Waals surface area contributed by atoms with E-state index in [1.165, 1.54) is 7.11 Å². The summed E-state index contributed by atoms with van der Waals surface area (Å²) in [6.07, 6.45) is 1.43. The molecule has 2 aromatic carbocycles. The SMILES string of the molecule is COC(=N)NC(=O)N[C@H]1CC(OCc2ccccc2)[C@@H](COCc2ccccc2)C1. The summed E-state index contributed by atoms with van der Waals surface area (Å²) in [5.41, 5.74) is 2.24. The lowest BCUT2D eigenvalue weighted by Gasteiger charge is -2.20. The van der Waals surface area contributed by atoms with Crippen LogP contribution in [-0.2, 0) is 27.4 Å². The maximum atomic E-state index is 12.0. The van der Waals surface area contributed by atoms with Crippen molar-refractivity contribution in [3.8, 4) is 0 Å². The van der Waals surface area contributed by atoms with Crippen molar-refractivity contribution < 1.29 is 19.0 Å². The Balaban J connectivity index is 1.54. The molecule has 3 rings (SSSR count). The van der Waals surface area contributed by atoms with E-state index in [2.05, 4.69) is 15.4 Å². The van der Waals surface area contributed by atoms with E-state index in [4.69, 9.17) is 14.9 Å². The van der Waals surface area contributed by atoms with Crippen molar-refractivity contribution in [1.29, 1.82) is 5.41 Å². The molecule has 0 bridgehead atoms. The van der Waals surface area contributed by atoms with Gasteiger partial charge in [-0.15, -0.1) is 0 Å². The van der Waals surface area contributed by atoms with Gasteiger partial charge in [-0.3, -0.25) is 10.7 Å². The summed E-state index contributed by atoms with van der Waals surface area (Å²) in [4.78, 5) is 12.0. The van der Waals surface area contributed by atoms with E-state index in [0.717, 1.165) is 17.5 Å². The third kappa shape index (κ3) is 6.86. The van der Waals surface area contributed by atoms with E-state index in [9.17, 15) is 4.79 Å². The molecule has 7 heteroatoms. The Morgan fingerprint density at radius 3 is 2.27 bits per heavy atom. The number of ether oxygens (including phenoxy) is 3. The molecular formula is C23H29N3O4. The molecule has 0 aromatic heterocycles. The Labute approximate surface area is 177 Å². The zero-order valence-corrected chi connectivity index (χ0v) is 17.2. The highest BCUT2D eigenvalue weighted by molar-refractivity contribution is 5.91. The van der Waals surface area contributed by atoms with Crippen LogP contribution in [0, 0.1) is 11.3 Å². The lowest BCUT2D eigenvalue weighted by molar-refractivity contribution is -0.0189. The van der Waals surface area contributed by atoms with Gasteiger partial charge in [0.1, 0.15) is 0 Å². The summed E-state index contributed by atoms with van der Waals surface area (Å²) in [5, 5.41) is 12.7. The normalized spacial score (nSPS) is 20.5. The molecule has 0 radical (unpaired) electrons. The number of hydrogen-bond donors (Lipinski definition) is 3. The second-order valence-electron chi connectivity index (χ2n) is 7.40. The first-order chi connectivity index (χ1) is 14.6. The molecule has 0 saturated heterocycles. The Hall–Kier alpha value is -2.90. The minimum Gasteiger partial charge on any atom is -0.468 e. The molecule has 160 valence electrons. The number of nitrogens with one attached hydrogen (secondary N) is 3. The molecule has 1 unspecified atom stereocenters. The molecule has 0 heterocycles. The molecule has 3 atom stereocenters. The van der Waals surface area contributed by atoms with Crippen molar-refractivity contribution in [2.75, 3.05) is 13.7 Å².